The van der Waals surface area contributed by atoms with E-state index in [1.54, 1.807) is 18.2 Å². The predicted molar refractivity (Wildman–Crippen MR) is 101 cm³/mol. The number of rotatable bonds is 3. The molecule has 0 saturated heterocycles. The Labute approximate surface area is 161 Å². The van der Waals surface area contributed by atoms with Crippen molar-refractivity contribution in [2.24, 2.45) is 0 Å². The van der Waals surface area contributed by atoms with Crippen LogP contribution in [-0.2, 0) is 6.18 Å². The maximum atomic E-state index is 13.1. The lowest BCUT2D eigenvalue weighted by Gasteiger charge is -2.12. The summed E-state index contributed by atoms with van der Waals surface area (Å²) in [6.45, 7) is 1.36. The zero-order valence-electron chi connectivity index (χ0n) is 14.5. The Kier molecular flexibility index (Phi) is 4.43. The van der Waals surface area contributed by atoms with Crippen LogP contribution in [0.3, 0.4) is 0 Å². The molecule has 2 aromatic carbocycles. The van der Waals surface area contributed by atoms with Gasteiger partial charge in [0.2, 0.25) is 5.89 Å². The number of alkyl halides is 3. The molecule has 4 nitrogen and oxygen atoms in total. The number of benzene rings is 2. The van der Waals surface area contributed by atoms with Crippen LogP contribution in [-0.4, -0.2) is 10.9 Å². The number of nitrogens with one attached hydrogen (secondary N) is 1. The zero-order valence-corrected chi connectivity index (χ0v) is 15.3. The Balaban J connectivity index is 1.60. The van der Waals surface area contributed by atoms with Gasteiger partial charge in [0, 0.05) is 11.3 Å². The third-order valence-electron chi connectivity index (χ3n) is 4.18. The van der Waals surface area contributed by atoms with Crippen LogP contribution in [0.2, 0.25) is 0 Å². The van der Waals surface area contributed by atoms with E-state index in [-0.39, 0.29) is 11.1 Å². The molecule has 0 fully saturated rings. The summed E-state index contributed by atoms with van der Waals surface area (Å²) < 4.78 is 44.9. The number of hydrogen-bond donors (Lipinski definition) is 1. The zero-order chi connectivity index (χ0) is 19.9. The number of fused-ring (bicyclic) bond motifs is 1. The maximum Gasteiger partial charge on any atom is 0.416 e. The summed E-state index contributed by atoms with van der Waals surface area (Å²) >= 11 is 1.49. The minimum absolute atomic E-state index is 0.0640. The van der Waals surface area contributed by atoms with Gasteiger partial charge in [-0.3, -0.25) is 4.79 Å². The van der Waals surface area contributed by atoms with Crippen molar-refractivity contribution in [2.75, 3.05) is 5.32 Å². The summed E-state index contributed by atoms with van der Waals surface area (Å²) in [4.78, 5) is 17.7. The molecule has 0 atom stereocenters. The molecule has 142 valence electrons. The summed E-state index contributed by atoms with van der Waals surface area (Å²) in [7, 11) is 0. The van der Waals surface area contributed by atoms with Crippen molar-refractivity contribution in [3.63, 3.8) is 0 Å². The quantitative estimate of drug-likeness (QED) is 0.448. The van der Waals surface area contributed by atoms with Crippen molar-refractivity contribution in [3.8, 4) is 10.8 Å². The van der Waals surface area contributed by atoms with Crippen molar-refractivity contribution in [1.29, 1.82) is 0 Å². The number of thiophene rings is 1. The Morgan fingerprint density at radius 2 is 1.96 bits per heavy atom. The number of carbonyl (C=O) groups is 1. The summed E-state index contributed by atoms with van der Waals surface area (Å²) in [6.07, 6.45) is -4.52. The highest BCUT2D eigenvalue weighted by atomic mass is 32.1. The number of hydrogen-bond acceptors (Lipinski definition) is 4. The second-order valence-electron chi connectivity index (χ2n) is 6.16. The van der Waals surface area contributed by atoms with Gasteiger partial charge in [0.25, 0.3) is 5.91 Å². The number of carbonyl (C=O) groups excluding carboxylic acids is 1. The lowest BCUT2D eigenvalue weighted by Crippen LogP contribution is -2.15. The minimum Gasteiger partial charge on any atom is -0.435 e. The molecule has 4 rings (SSSR count). The summed E-state index contributed by atoms with van der Waals surface area (Å²) in [5.74, 6) is -0.159. The van der Waals surface area contributed by atoms with Crippen LogP contribution < -0.4 is 5.32 Å². The number of aryl methyl sites for hydroxylation is 1. The molecule has 0 spiro atoms. The molecular formula is C20H13F3N2O2S. The fourth-order valence-corrected chi connectivity index (χ4v) is 3.43. The Morgan fingerprint density at radius 3 is 2.68 bits per heavy atom. The Hall–Kier alpha value is -3.13. The molecule has 0 unspecified atom stereocenters. The van der Waals surface area contributed by atoms with E-state index in [0.29, 0.717) is 22.7 Å². The first-order valence-corrected chi connectivity index (χ1v) is 9.13. The van der Waals surface area contributed by atoms with Crippen LogP contribution in [0, 0.1) is 6.92 Å². The molecule has 1 amide bonds. The Morgan fingerprint density at radius 1 is 1.14 bits per heavy atom. The van der Waals surface area contributed by atoms with Gasteiger partial charge in [-0.05, 0) is 54.3 Å². The first-order chi connectivity index (χ1) is 13.3. The highest BCUT2D eigenvalue weighted by Crippen LogP contribution is 2.33. The van der Waals surface area contributed by atoms with Crippen LogP contribution in [0.5, 0.6) is 0 Å². The van der Waals surface area contributed by atoms with Gasteiger partial charge in [-0.1, -0.05) is 12.1 Å². The normalized spacial score (nSPS) is 11.7. The van der Waals surface area contributed by atoms with Gasteiger partial charge < -0.3 is 9.73 Å². The lowest BCUT2D eigenvalue weighted by molar-refractivity contribution is -0.138. The average molecular weight is 402 g/mol. The summed E-state index contributed by atoms with van der Waals surface area (Å²) in [6, 6.07) is 12.2. The molecule has 8 heteroatoms. The van der Waals surface area contributed by atoms with E-state index in [4.69, 9.17) is 4.42 Å². The van der Waals surface area contributed by atoms with Crippen LogP contribution in [0.25, 0.3) is 21.9 Å². The van der Waals surface area contributed by atoms with Gasteiger partial charge in [0.1, 0.15) is 5.52 Å². The number of nitrogens with zero attached hydrogens (tertiary/aromatic N) is 1. The summed E-state index contributed by atoms with van der Waals surface area (Å²) in [5, 5.41) is 4.52. The van der Waals surface area contributed by atoms with Crippen LogP contribution in [0.15, 0.2) is 58.3 Å². The van der Waals surface area contributed by atoms with Crippen LogP contribution in [0.1, 0.15) is 21.5 Å². The molecule has 0 aliphatic carbocycles. The SMILES string of the molecule is Cc1ccc(C(=O)Nc2ccc3oc(-c4cccs4)nc3c2)cc1C(F)(F)F. The van der Waals surface area contributed by atoms with Gasteiger partial charge in [0.15, 0.2) is 5.58 Å². The van der Waals surface area contributed by atoms with E-state index in [2.05, 4.69) is 10.3 Å². The smallest absolute Gasteiger partial charge is 0.416 e. The largest absolute Gasteiger partial charge is 0.435 e. The predicted octanol–water partition coefficient (Wildman–Crippen LogP) is 6.14. The highest BCUT2D eigenvalue weighted by Gasteiger charge is 2.33. The summed E-state index contributed by atoms with van der Waals surface area (Å²) in [5.41, 5.74) is 0.675. The third-order valence-corrected chi connectivity index (χ3v) is 5.04. The topological polar surface area (TPSA) is 55.1 Å². The van der Waals surface area contributed by atoms with E-state index < -0.39 is 17.6 Å². The number of oxazole rings is 1. The third kappa shape index (κ3) is 3.50. The van der Waals surface area contributed by atoms with Gasteiger partial charge in [-0.25, -0.2) is 4.98 Å². The molecular weight excluding hydrogens is 389 g/mol. The van der Waals surface area contributed by atoms with Crippen LogP contribution >= 0.6 is 11.3 Å². The molecule has 28 heavy (non-hydrogen) atoms. The van der Waals surface area contributed by atoms with Crippen molar-refractivity contribution in [2.45, 2.75) is 13.1 Å². The van der Waals surface area contributed by atoms with Gasteiger partial charge in [-0.2, -0.15) is 13.2 Å². The van der Waals surface area contributed by atoms with E-state index in [9.17, 15) is 18.0 Å². The van der Waals surface area contributed by atoms with Gasteiger partial charge in [-0.15, -0.1) is 11.3 Å². The fraction of sp³-hybridized carbons (Fsp3) is 0.100. The van der Waals surface area contributed by atoms with E-state index in [1.807, 2.05) is 17.5 Å². The van der Waals surface area contributed by atoms with Crippen molar-refractivity contribution < 1.29 is 22.4 Å². The average Bonchev–Trinajstić information content (AvgIpc) is 3.30. The number of halogens is 3. The van der Waals surface area contributed by atoms with E-state index in [1.165, 1.54) is 30.4 Å². The molecule has 0 bridgehead atoms. The van der Waals surface area contributed by atoms with Crippen LogP contribution in [0.4, 0.5) is 18.9 Å². The maximum absolute atomic E-state index is 13.1. The highest BCUT2D eigenvalue weighted by molar-refractivity contribution is 7.13. The standard InChI is InChI=1S/C20H13F3N2O2S/c1-11-4-5-12(9-14(11)20(21,22)23)18(26)24-13-6-7-16-15(10-13)25-19(27-16)17-3-2-8-28-17/h2-10H,1H3,(H,24,26). The Bertz CT molecular complexity index is 1160. The number of amides is 1. The van der Waals surface area contributed by atoms with Gasteiger partial charge in [0.05, 0.1) is 10.4 Å². The number of aromatic nitrogens is 1. The molecule has 2 heterocycles. The lowest BCUT2D eigenvalue weighted by atomic mass is 10.0. The van der Waals surface area contributed by atoms with E-state index in [0.717, 1.165) is 10.9 Å². The first kappa shape index (κ1) is 18.2. The molecule has 0 aliphatic rings. The fourth-order valence-electron chi connectivity index (χ4n) is 2.78. The number of anilines is 1. The van der Waals surface area contributed by atoms with Crippen molar-refractivity contribution >= 4 is 34.0 Å². The molecule has 1 N–H and O–H groups in total. The van der Waals surface area contributed by atoms with Crippen molar-refractivity contribution in [3.05, 3.63) is 70.6 Å². The van der Waals surface area contributed by atoms with Crippen molar-refractivity contribution in [1.82, 2.24) is 4.98 Å². The second kappa shape index (κ2) is 6.79. The van der Waals surface area contributed by atoms with Gasteiger partial charge >= 0.3 is 6.18 Å². The second-order valence-corrected chi connectivity index (χ2v) is 7.11. The molecule has 4 aromatic rings. The molecule has 0 saturated carbocycles. The minimum atomic E-state index is -4.52. The first-order valence-electron chi connectivity index (χ1n) is 8.25. The molecule has 0 aliphatic heterocycles. The molecule has 0 radical (unpaired) electrons. The molecule has 2 aromatic heterocycles. The van der Waals surface area contributed by atoms with E-state index >= 15 is 0 Å². The monoisotopic (exact) mass is 402 g/mol.